The first-order chi connectivity index (χ1) is 9.26. The van der Waals surface area contributed by atoms with E-state index in [1.807, 2.05) is 0 Å². The van der Waals surface area contributed by atoms with Crippen LogP contribution >= 0.6 is 0 Å². The lowest BCUT2D eigenvalue weighted by molar-refractivity contribution is -0.143. The minimum absolute atomic E-state index is 0.0748. The van der Waals surface area contributed by atoms with Gasteiger partial charge in [-0.15, -0.1) is 0 Å². The van der Waals surface area contributed by atoms with E-state index in [1.54, 1.807) is 24.3 Å². The molecule has 1 N–H and O–H groups in total. The maximum atomic E-state index is 12.1. The van der Waals surface area contributed by atoms with Crippen molar-refractivity contribution in [1.82, 2.24) is 4.90 Å². The number of likely N-dealkylation sites (N-methyl/N-ethyl adjacent to an activating group) is 1. The predicted octanol–water partition coefficient (Wildman–Crippen LogP) is 2.19. The van der Waals surface area contributed by atoms with Crippen LogP contribution in [0.5, 0.6) is 5.75 Å². The van der Waals surface area contributed by atoms with Crippen LogP contribution in [-0.4, -0.2) is 48.9 Å². The van der Waals surface area contributed by atoms with E-state index in [-0.39, 0.29) is 19.6 Å². The van der Waals surface area contributed by atoms with Gasteiger partial charge in [0.05, 0.1) is 13.0 Å². The minimum atomic E-state index is -4.22. The smallest absolute Gasteiger partial charge is 0.401 e. The minimum Gasteiger partial charge on any atom is -0.492 e. The van der Waals surface area contributed by atoms with Crippen molar-refractivity contribution >= 4 is 5.97 Å². The Morgan fingerprint density at radius 2 is 1.90 bits per heavy atom. The molecule has 0 spiro atoms. The fourth-order valence-corrected chi connectivity index (χ4v) is 1.58. The van der Waals surface area contributed by atoms with Gasteiger partial charge in [0, 0.05) is 6.54 Å². The van der Waals surface area contributed by atoms with Gasteiger partial charge in [0.2, 0.25) is 0 Å². The van der Waals surface area contributed by atoms with E-state index >= 15 is 0 Å². The number of hydrogen-bond acceptors (Lipinski definition) is 3. The number of halogens is 3. The highest BCUT2D eigenvalue weighted by molar-refractivity contribution is 5.70. The highest BCUT2D eigenvalue weighted by Crippen LogP contribution is 2.16. The van der Waals surface area contributed by atoms with E-state index < -0.39 is 18.7 Å². The van der Waals surface area contributed by atoms with Crippen molar-refractivity contribution in [3.05, 3.63) is 29.8 Å². The molecule has 0 saturated heterocycles. The molecule has 4 nitrogen and oxygen atoms in total. The van der Waals surface area contributed by atoms with Crippen LogP contribution in [0.2, 0.25) is 0 Å². The summed E-state index contributed by atoms with van der Waals surface area (Å²) >= 11 is 0. The Balaban J connectivity index is 2.33. The first-order valence-corrected chi connectivity index (χ1v) is 5.95. The zero-order valence-electron chi connectivity index (χ0n) is 11.0. The summed E-state index contributed by atoms with van der Waals surface area (Å²) in [5.74, 6) is -0.424. The molecule has 0 amide bonds. The summed E-state index contributed by atoms with van der Waals surface area (Å²) in [5.41, 5.74) is 0.638. The van der Waals surface area contributed by atoms with Crippen molar-refractivity contribution in [2.45, 2.75) is 12.6 Å². The van der Waals surface area contributed by atoms with Crippen LogP contribution in [0.4, 0.5) is 13.2 Å². The molecule has 0 unspecified atom stereocenters. The van der Waals surface area contributed by atoms with E-state index in [0.29, 0.717) is 11.3 Å². The maximum absolute atomic E-state index is 12.1. The number of carboxylic acid groups (broad SMARTS) is 1. The van der Waals surface area contributed by atoms with E-state index in [4.69, 9.17) is 9.84 Å². The Hall–Kier alpha value is -1.76. The molecule has 0 radical (unpaired) electrons. The summed E-state index contributed by atoms with van der Waals surface area (Å²) in [7, 11) is 1.37. The number of nitrogens with zero attached hydrogens (tertiary/aromatic N) is 1. The van der Waals surface area contributed by atoms with Crippen LogP contribution in [-0.2, 0) is 11.2 Å². The fourth-order valence-electron chi connectivity index (χ4n) is 1.58. The number of carboxylic acids is 1. The largest absolute Gasteiger partial charge is 0.492 e. The molecule has 0 atom stereocenters. The Morgan fingerprint density at radius 1 is 1.30 bits per heavy atom. The number of ether oxygens (including phenoxy) is 1. The second-order valence-electron chi connectivity index (χ2n) is 4.42. The van der Waals surface area contributed by atoms with Gasteiger partial charge in [0.1, 0.15) is 12.4 Å². The van der Waals surface area contributed by atoms with Crippen molar-refractivity contribution in [2.75, 3.05) is 26.7 Å². The third kappa shape index (κ3) is 6.98. The molecule has 0 saturated carbocycles. The standard InChI is InChI=1S/C13H16F3NO3/c1-17(9-13(14,15)16)6-7-20-11-4-2-10(3-5-11)8-12(18)19/h2-5H,6-9H2,1H3,(H,18,19). The molecule has 0 heterocycles. The number of rotatable bonds is 7. The van der Waals surface area contributed by atoms with E-state index in [2.05, 4.69) is 0 Å². The molecule has 1 rings (SSSR count). The lowest BCUT2D eigenvalue weighted by Crippen LogP contribution is -2.33. The van der Waals surface area contributed by atoms with E-state index in [1.165, 1.54) is 7.05 Å². The van der Waals surface area contributed by atoms with Crippen LogP contribution in [0.15, 0.2) is 24.3 Å². The van der Waals surface area contributed by atoms with Crippen LogP contribution in [0.1, 0.15) is 5.56 Å². The number of carbonyl (C=O) groups is 1. The zero-order chi connectivity index (χ0) is 15.2. The van der Waals surface area contributed by atoms with Gasteiger partial charge in [-0.3, -0.25) is 9.69 Å². The number of alkyl halides is 3. The molecule has 0 aliphatic rings. The van der Waals surface area contributed by atoms with E-state index in [0.717, 1.165) is 4.90 Å². The number of aliphatic carboxylic acids is 1. The normalized spacial score (nSPS) is 11.7. The molecule has 0 aliphatic heterocycles. The van der Waals surface area contributed by atoms with Crippen LogP contribution in [0.3, 0.4) is 0 Å². The molecule has 20 heavy (non-hydrogen) atoms. The highest BCUT2D eigenvalue weighted by atomic mass is 19.4. The highest BCUT2D eigenvalue weighted by Gasteiger charge is 2.28. The molecular formula is C13H16F3NO3. The monoisotopic (exact) mass is 291 g/mol. The van der Waals surface area contributed by atoms with Gasteiger partial charge in [-0.25, -0.2) is 0 Å². The molecule has 0 bridgehead atoms. The Morgan fingerprint density at radius 3 is 2.40 bits per heavy atom. The topological polar surface area (TPSA) is 49.8 Å². The Kier molecular flexibility index (Phi) is 5.82. The van der Waals surface area contributed by atoms with Crippen LogP contribution < -0.4 is 4.74 Å². The predicted molar refractivity (Wildman–Crippen MR) is 66.8 cm³/mol. The zero-order valence-corrected chi connectivity index (χ0v) is 11.0. The Labute approximate surface area is 114 Å². The lowest BCUT2D eigenvalue weighted by atomic mass is 10.1. The molecule has 0 aliphatic carbocycles. The third-order valence-electron chi connectivity index (χ3n) is 2.47. The van der Waals surface area contributed by atoms with Crippen molar-refractivity contribution in [3.63, 3.8) is 0 Å². The van der Waals surface area contributed by atoms with Crippen LogP contribution in [0, 0.1) is 0 Å². The van der Waals surface area contributed by atoms with Gasteiger partial charge >= 0.3 is 12.1 Å². The molecular weight excluding hydrogens is 275 g/mol. The second-order valence-corrected chi connectivity index (χ2v) is 4.42. The molecule has 112 valence electrons. The van der Waals surface area contributed by atoms with Gasteiger partial charge in [0.15, 0.2) is 0 Å². The fraction of sp³-hybridized carbons (Fsp3) is 0.462. The van der Waals surface area contributed by atoms with Gasteiger partial charge in [-0.1, -0.05) is 12.1 Å². The quantitative estimate of drug-likeness (QED) is 0.836. The second kappa shape index (κ2) is 7.14. The number of hydrogen-bond donors (Lipinski definition) is 1. The van der Waals surface area contributed by atoms with Gasteiger partial charge in [-0.2, -0.15) is 13.2 Å². The van der Waals surface area contributed by atoms with Crippen molar-refractivity contribution < 1.29 is 27.8 Å². The van der Waals surface area contributed by atoms with Gasteiger partial charge < -0.3 is 9.84 Å². The van der Waals surface area contributed by atoms with Gasteiger partial charge in [-0.05, 0) is 24.7 Å². The average Bonchev–Trinajstić information content (AvgIpc) is 2.28. The first-order valence-electron chi connectivity index (χ1n) is 5.95. The summed E-state index contributed by atoms with van der Waals surface area (Å²) < 4.78 is 41.5. The SMILES string of the molecule is CN(CCOc1ccc(CC(=O)O)cc1)CC(F)(F)F. The van der Waals surface area contributed by atoms with Crippen LogP contribution in [0.25, 0.3) is 0 Å². The molecule has 1 aromatic carbocycles. The molecule has 0 fully saturated rings. The number of benzene rings is 1. The maximum Gasteiger partial charge on any atom is 0.401 e. The molecule has 1 aromatic rings. The van der Waals surface area contributed by atoms with E-state index in [9.17, 15) is 18.0 Å². The lowest BCUT2D eigenvalue weighted by Gasteiger charge is -2.18. The summed E-state index contributed by atoms with van der Waals surface area (Å²) in [5, 5.41) is 8.60. The van der Waals surface area contributed by atoms with Gasteiger partial charge in [0.25, 0.3) is 0 Å². The summed E-state index contributed by atoms with van der Waals surface area (Å²) in [6, 6.07) is 6.43. The first kappa shape index (κ1) is 16.3. The molecule has 0 aromatic heterocycles. The third-order valence-corrected chi connectivity index (χ3v) is 2.47. The summed E-state index contributed by atoms with van der Waals surface area (Å²) in [6.45, 7) is -0.699. The molecule has 7 heteroatoms. The summed E-state index contributed by atoms with van der Waals surface area (Å²) in [4.78, 5) is 11.6. The van der Waals surface area contributed by atoms with Crippen molar-refractivity contribution in [2.24, 2.45) is 0 Å². The Bertz CT molecular complexity index is 431. The average molecular weight is 291 g/mol. The van der Waals surface area contributed by atoms with Crippen molar-refractivity contribution in [1.29, 1.82) is 0 Å². The van der Waals surface area contributed by atoms with Crippen molar-refractivity contribution in [3.8, 4) is 5.75 Å². The summed E-state index contributed by atoms with van der Waals surface area (Å²) in [6.07, 6.45) is -4.29.